The lowest BCUT2D eigenvalue weighted by molar-refractivity contribution is 1.52. The molecule has 0 aromatic rings. The minimum atomic E-state index is 0.944. The molecule has 0 aliphatic heterocycles. The molecular weight excluding hydrogens is 90.1 g/mol. The minimum Gasteiger partial charge on any atom is -0.405 e. The van der Waals surface area contributed by atoms with Crippen LogP contribution in [0.5, 0.6) is 0 Å². The first-order valence-electron chi connectivity index (χ1n) is 1.81. The maximum atomic E-state index is 6.38. The lowest BCUT2D eigenvalue weighted by Crippen LogP contribution is -1.75. The van der Waals surface area contributed by atoms with E-state index in [0.717, 1.165) is 6.34 Å². The number of nitrogens with one attached hydrogen (secondary N) is 1. The number of nitrogens with two attached hydrogens (primary N) is 1. The first-order chi connectivity index (χ1) is 3.41. The highest BCUT2D eigenvalue weighted by Gasteiger charge is 1.53. The summed E-state index contributed by atoms with van der Waals surface area (Å²) in [5.41, 5.74) is 4.92. The van der Waals surface area contributed by atoms with Crippen LogP contribution in [0, 0.1) is 5.41 Å². The van der Waals surface area contributed by atoms with Gasteiger partial charge in [-0.3, -0.25) is 5.41 Å². The van der Waals surface area contributed by atoms with Gasteiger partial charge in [-0.2, -0.15) is 0 Å². The molecule has 3 N–H and O–H groups in total. The summed E-state index contributed by atoms with van der Waals surface area (Å²) in [6.45, 7) is 0. The zero-order valence-corrected chi connectivity index (χ0v) is 3.83. The fraction of sp³-hybridized carbons (Fsp3) is 0. The molecule has 0 heterocycles. The molecule has 3 nitrogen and oxygen atoms in total. The smallest absolute Gasteiger partial charge is 0.106 e. The lowest BCUT2D eigenvalue weighted by Gasteiger charge is -1.65. The van der Waals surface area contributed by atoms with E-state index < -0.39 is 0 Å². The second-order valence-corrected chi connectivity index (χ2v) is 0.812. The second kappa shape index (κ2) is 4.88. The largest absolute Gasteiger partial charge is 0.405 e. The van der Waals surface area contributed by atoms with Crippen molar-refractivity contribution in [1.29, 1.82) is 5.41 Å². The van der Waals surface area contributed by atoms with Gasteiger partial charge in [-0.25, -0.2) is 4.99 Å². The summed E-state index contributed by atoms with van der Waals surface area (Å²) >= 11 is 0. The molecule has 7 heavy (non-hydrogen) atoms. The molecule has 0 bridgehead atoms. The van der Waals surface area contributed by atoms with E-state index in [0.29, 0.717) is 0 Å². The lowest BCUT2D eigenvalue weighted by atomic mass is 10.7. The van der Waals surface area contributed by atoms with Gasteiger partial charge in [-0.15, -0.1) is 0 Å². The van der Waals surface area contributed by atoms with Gasteiger partial charge in [0.15, 0.2) is 0 Å². The van der Waals surface area contributed by atoms with Crippen LogP contribution < -0.4 is 5.73 Å². The van der Waals surface area contributed by atoms with Gasteiger partial charge < -0.3 is 5.73 Å². The second-order valence-electron chi connectivity index (χ2n) is 0.812. The highest BCUT2D eigenvalue weighted by atomic mass is 14.7. The quantitative estimate of drug-likeness (QED) is 0.373. The van der Waals surface area contributed by atoms with Crippen molar-refractivity contribution in [3.8, 4) is 0 Å². The average Bonchev–Trinajstić information content (AvgIpc) is 1.69. The molecule has 0 aliphatic rings. The van der Waals surface area contributed by atoms with Crippen molar-refractivity contribution in [3.63, 3.8) is 0 Å². The van der Waals surface area contributed by atoms with Gasteiger partial charge in [0.2, 0.25) is 0 Å². The van der Waals surface area contributed by atoms with Gasteiger partial charge in [-0.1, -0.05) is 0 Å². The number of rotatable bonds is 2. The predicted molar refractivity (Wildman–Crippen MR) is 30.6 cm³/mol. The van der Waals surface area contributed by atoms with Crippen molar-refractivity contribution >= 4 is 12.6 Å². The molecular formula is C4H7N3. The Hall–Kier alpha value is -1.12. The van der Waals surface area contributed by atoms with E-state index in [-0.39, 0.29) is 0 Å². The topological polar surface area (TPSA) is 62.2 Å². The molecule has 0 amide bonds. The van der Waals surface area contributed by atoms with Gasteiger partial charge in [-0.05, 0) is 12.3 Å². The van der Waals surface area contributed by atoms with Crippen molar-refractivity contribution in [2.45, 2.75) is 0 Å². The number of nitrogens with zero attached hydrogens (tertiary/aromatic N) is 1. The number of hydrogen-bond donors (Lipinski definition) is 2. The molecule has 3 heteroatoms. The van der Waals surface area contributed by atoms with Crippen molar-refractivity contribution < 1.29 is 0 Å². The summed E-state index contributed by atoms with van der Waals surface area (Å²) < 4.78 is 0. The van der Waals surface area contributed by atoms with Crippen LogP contribution in [0.4, 0.5) is 0 Å². The molecule has 0 saturated heterocycles. The third-order valence-corrected chi connectivity index (χ3v) is 0.358. The Morgan fingerprint density at radius 3 is 2.71 bits per heavy atom. The standard InChI is InChI=1S/C4H7N3/c5-2-1-3-7-4-6/h1-4,6H,5H2. The molecule has 0 fully saturated rings. The van der Waals surface area contributed by atoms with Crippen LogP contribution in [0.2, 0.25) is 0 Å². The molecule has 0 saturated carbocycles. The molecule has 0 aromatic heterocycles. The molecule has 0 aromatic carbocycles. The summed E-state index contributed by atoms with van der Waals surface area (Å²) in [6, 6.07) is 0. The van der Waals surface area contributed by atoms with Gasteiger partial charge in [0.1, 0.15) is 6.34 Å². The fourth-order valence-corrected chi connectivity index (χ4v) is 0.142. The van der Waals surface area contributed by atoms with Crippen molar-refractivity contribution in [1.82, 2.24) is 0 Å². The summed E-state index contributed by atoms with van der Waals surface area (Å²) in [5.74, 6) is 0. The van der Waals surface area contributed by atoms with Crippen LogP contribution in [0.25, 0.3) is 0 Å². The zero-order valence-electron chi connectivity index (χ0n) is 3.83. The first kappa shape index (κ1) is 5.88. The Labute approximate surface area is 42.1 Å². The maximum Gasteiger partial charge on any atom is 0.106 e. The minimum absolute atomic E-state index is 0.944. The Bertz CT molecular complexity index is 93.1. The van der Waals surface area contributed by atoms with Crippen LogP contribution in [0.15, 0.2) is 17.3 Å². The van der Waals surface area contributed by atoms with Crippen LogP contribution in [-0.2, 0) is 0 Å². The van der Waals surface area contributed by atoms with Crippen LogP contribution >= 0.6 is 0 Å². The molecule has 0 rings (SSSR count). The highest BCUT2D eigenvalue weighted by Crippen LogP contribution is 1.55. The van der Waals surface area contributed by atoms with Gasteiger partial charge in [0.25, 0.3) is 0 Å². The number of aliphatic imine (C=N–C) groups is 1. The normalized spacial score (nSPS) is 10.9. The van der Waals surface area contributed by atoms with E-state index >= 15 is 0 Å². The van der Waals surface area contributed by atoms with Gasteiger partial charge in [0.05, 0.1) is 0 Å². The summed E-state index contributed by atoms with van der Waals surface area (Å²) in [6.07, 6.45) is 5.28. The van der Waals surface area contributed by atoms with Crippen LogP contribution in [-0.4, -0.2) is 12.6 Å². The highest BCUT2D eigenvalue weighted by molar-refractivity contribution is 5.78. The van der Waals surface area contributed by atoms with E-state index in [1.54, 1.807) is 6.08 Å². The Morgan fingerprint density at radius 2 is 2.29 bits per heavy atom. The molecule has 0 atom stereocenters. The van der Waals surface area contributed by atoms with E-state index in [1.807, 2.05) is 0 Å². The Kier molecular flexibility index (Phi) is 4.10. The van der Waals surface area contributed by atoms with Crippen LogP contribution in [0.1, 0.15) is 0 Å². The molecule has 0 spiro atoms. The summed E-state index contributed by atoms with van der Waals surface area (Å²) in [4.78, 5) is 3.41. The molecule has 0 aliphatic carbocycles. The predicted octanol–water partition coefficient (Wildman–Crippen LogP) is 0.137. The van der Waals surface area contributed by atoms with E-state index in [9.17, 15) is 0 Å². The Balaban J connectivity index is 3.27. The molecule has 38 valence electrons. The maximum absolute atomic E-state index is 6.38. The third kappa shape index (κ3) is 4.88. The summed E-state index contributed by atoms with van der Waals surface area (Å²) in [7, 11) is 0. The molecule has 0 unspecified atom stereocenters. The average molecular weight is 97.1 g/mol. The number of hydrogen-bond acceptors (Lipinski definition) is 2. The van der Waals surface area contributed by atoms with Crippen molar-refractivity contribution in [3.05, 3.63) is 12.3 Å². The van der Waals surface area contributed by atoms with Gasteiger partial charge >= 0.3 is 0 Å². The number of allylic oxidation sites excluding steroid dienone is 1. The van der Waals surface area contributed by atoms with E-state index in [2.05, 4.69) is 4.99 Å². The zero-order chi connectivity index (χ0) is 5.54. The Morgan fingerprint density at radius 1 is 1.57 bits per heavy atom. The van der Waals surface area contributed by atoms with Crippen molar-refractivity contribution in [2.24, 2.45) is 10.7 Å². The third-order valence-electron chi connectivity index (χ3n) is 0.358. The van der Waals surface area contributed by atoms with Crippen molar-refractivity contribution in [2.75, 3.05) is 0 Å². The van der Waals surface area contributed by atoms with E-state index in [4.69, 9.17) is 11.1 Å². The first-order valence-corrected chi connectivity index (χ1v) is 1.81. The summed E-state index contributed by atoms with van der Waals surface area (Å²) in [5, 5.41) is 6.38. The van der Waals surface area contributed by atoms with E-state index in [1.165, 1.54) is 12.4 Å². The van der Waals surface area contributed by atoms with Gasteiger partial charge in [0, 0.05) is 6.21 Å². The molecule has 0 radical (unpaired) electrons. The fourth-order valence-electron chi connectivity index (χ4n) is 0.142. The van der Waals surface area contributed by atoms with Crippen LogP contribution in [0.3, 0.4) is 0 Å². The monoisotopic (exact) mass is 97.1 g/mol. The SMILES string of the molecule is N=CN=CC=CN.